The molecule has 1 aromatic carbocycles. The van der Waals surface area contributed by atoms with Crippen LogP contribution < -0.4 is 0 Å². The summed E-state index contributed by atoms with van der Waals surface area (Å²) in [5.41, 5.74) is 2.51. The molecule has 0 saturated carbocycles. The Balaban J connectivity index is 2.69. The zero-order chi connectivity index (χ0) is 14.9. The summed E-state index contributed by atoms with van der Waals surface area (Å²) < 4.78 is 2.05. The minimum absolute atomic E-state index is 0.0366. The zero-order valence-corrected chi connectivity index (χ0v) is 12.1. The van der Waals surface area contributed by atoms with E-state index in [9.17, 15) is 14.7 Å². The molecule has 0 spiro atoms. The molecule has 1 aromatic heterocycles. The Labute approximate surface area is 118 Å². The third-order valence-electron chi connectivity index (χ3n) is 3.59. The van der Waals surface area contributed by atoms with Gasteiger partial charge in [-0.15, -0.1) is 0 Å². The van der Waals surface area contributed by atoms with Crippen molar-refractivity contribution in [3.63, 3.8) is 0 Å². The van der Waals surface area contributed by atoms with Gasteiger partial charge in [-0.05, 0) is 38.0 Å². The van der Waals surface area contributed by atoms with Gasteiger partial charge in [-0.2, -0.15) is 0 Å². The lowest BCUT2D eigenvalue weighted by atomic mass is 10.0. The van der Waals surface area contributed by atoms with E-state index >= 15 is 0 Å². The molecule has 0 saturated heterocycles. The molecule has 0 amide bonds. The van der Waals surface area contributed by atoms with E-state index in [0.29, 0.717) is 5.56 Å². The van der Waals surface area contributed by atoms with Crippen molar-refractivity contribution in [2.75, 3.05) is 0 Å². The average molecular weight is 273 g/mol. The molecule has 0 fully saturated rings. The van der Waals surface area contributed by atoms with Crippen LogP contribution in [-0.2, 0) is 6.54 Å². The summed E-state index contributed by atoms with van der Waals surface area (Å²) in [6.07, 6.45) is 3.94. The van der Waals surface area contributed by atoms with Crippen LogP contribution in [0.4, 0.5) is 0 Å². The Hall–Kier alpha value is -2.10. The Morgan fingerprint density at radius 2 is 1.95 bits per heavy atom. The van der Waals surface area contributed by atoms with Gasteiger partial charge < -0.3 is 9.67 Å². The largest absolute Gasteiger partial charge is 0.478 e. The number of hydrogen-bond acceptors (Lipinski definition) is 2. The lowest BCUT2D eigenvalue weighted by Gasteiger charge is -2.06. The van der Waals surface area contributed by atoms with Crippen LogP contribution in [0.2, 0.25) is 0 Å². The molecule has 0 radical (unpaired) electrons. The van der Waals surface area contributed by atoms with Crippen molar-refractivity contribution in [3.8, 4) is 0 Å². The zero-order valence-electron chi connectivity index (χ0n) is 12.1. The van der Waals surface area contributed by atoms with Gasteiger partial charge in [0.2, 0.25) is 0 Å². The number of rotatable bonds is 5. The minimum atomic E-state index is -0.958. The number of carbonyl (C=O) groups excluding carboxylic acids is 1. The second-order valence-electron chi connectivity index (χ2n) is 5.14. The maximum atomic E-state index is 11.8. The SMILES string of the molecule is CCCCn1cc(C(C)=O)c2cc(C(=O)O)c(C)cc21. The van der Waals surface area contributed by atoms with Crippen LogP contribution in [0.5, 0.6) is 0 Å². The summed E-state index contributed by atoms with van der Waals surface area (Å²) in [5, 5.41) is 9.94. The van der Waals surface area contributed by atoms with Crippen LogP contribution in [0.25, 0.3) is 10.9 Å². The van der Waals surface area contributed by atoms with E-state index in [1.807, 2.05) is 16.8 Å². The number of aryl methyl sites for hydroxylation is 2. The number of carbonyl (C=O) groups is 2. The summed E-state index contributed by atoms with van der Waals surface area (Å²) in [5.74, 6) is -0.995. The van der Waals surface area contributed by atoms with Crippen molar-refractivity contribution in [1.29, 1.82) is 0 Å². The summed E-state index contributed by atoms with van der Waals surface area (Å²) in [6.45, 7) is 6.25. The van der Waals surface area contributed by atoms with Gasteiger partial charge in [0, 0.05) is 29.2 Å². The number of aromatic nitrogens is 1. The van der Waals surface area contributed by atoms with E-state index in [4.69, 9.17) is 0 Å². The smallest absolute Gasteiger partial charge is 0.335 e. The number of carboxylic acid groups (broad SMARTS) is 1. The Kier molecular flexibility index (Phi) is 3.93. The highest BCUT2D eigenvalue weighted by Gasteiger charge is 2.16. The van der Waals surface area contributed by atoms with Crippen molar-refractivity contribution in [2.24, 2.45) is 0 Å². The number of ketones is 1. The molecule has 0 aliphatic heterocycles. The van der Waals surface area contributed by atoms with Crippen LogP contribution in [0.15, 0.2) is 18.3 Å². The molecule has 0 bridgehead atoms. The van der Waals surface area contributed by atoms with E-state index < -0.39 is 5.97 Å². The number of benzene rings is 1. The third kappa shape index (κ3) is 2.46. The third-order valence-corrected chi connectivity index (χ3v) is 3.59. The molecule has 2 aromatic rings. The van der Waals surface area contributed by atoms with Gasteiger partial charge in [0.05, 0.1) is 5.56 Å². The predicted octanol–water partition coefficient (Wildman–Crippen LogP) is 3.65. The van der Waals surface area contributed by atoms with E-state index in [0.717, 1.165) is 35.9 Å². The van der Waals surface area contributed by atoms with Gasteiger partial charge in [-0.1, -0.05) is 13.3 Å². The molecule has 2 rings (SSSR count). The van der Waals surface area contributed by atoms with Crippen molar-refractivity contribution in [3.05, 3.63) is 35.0 Å². The normalized spacial score (nSPS) is 10.9. The van der Waals surface area contributed by atoms with Crippen molar-refractivity contribution in [1.82, 2.24) is 4.57 Å². The fourth-order valence-electron chi connectivity index (χ4n) is 2.47. The number of carboxylic acids is 1. The maximum Gasteiger partial charge on any atom is 0.335 e. The Bertz CT molecular complexity index is 683. The van der Waals surface area contributed by atoms with Crippen LogP contribution in [0, 0.1) is 6.92 Å². The van der Waals surface area contributed by atoms with E-state index in [-0.39, 0.29) is 11.3 Å². The molecule has 1 heterocycles. The van der Waals surface area contributed by atoms with Crippen LogP contribution in [-0.4, -0.2) is 21.4 Å². The van der Waals surface area contributed by atoms with Crippen molar-refractivity contribution >= 4 is 22.7 Å². The molecule has 20 heavy (non-hydrogen) atoms. The molecule has 0 aliphatic rings. The van der Waals surface area contributed by atoms with Crippen molar-refractivity contribution < 1.29 is 14.7 Å². The molecule has 0 aliphatic carbocycles. The second kappa shape index (κ2) is 5.49. The quantitative estimate of drug-likeness (QED) is 0.846. The topological polar surface area (TPSA) is 59.3 Å². The average Bonchev–Trinajstić information content (AvgIpc) is 2.73. The summed E-state index contributed by atoms with van der Waals surface area (Å²) in [6, 6.07) is 3.48. The van der Waals surface area contributed by atoms with Gasteiger partial charge in [0.1, 0.15) is 0 Å². The Morgan fingerprint density at radius 1 is 1.25 bits per heavy atom. The molecule has 4 nitrogen and oxygen atoms in total. The number of Topliss-reactive ketones (excluding diaryl/α,β-unsaturated/α-hetero) is 1. The molecule has 0 atom stereocenters. The van der Waals surface area contributed by atoms with E-state index in [1.165, 1.54) is 6.92 Å². The first kappa shape index (κ1) is 14.3. The molecular weight excluding hydrogens is 254 g/mol. The van der Waals surface area contributed by atoms with Crippen molar-refractivity contribution in [2.45, 2.75) is 40.2 Å². The van der Waals surface area contributed by atoms with E-state index in [2.05, 4.69) is 6.92 Å². The first-order valence-electron chi connectivity index (χ1n) is 6.83. The monoisotopic (exact) mass is 273 g/mol. The van der Waals surface area contributed by atoms with Crippen LogP contribution in [0.1, 0.15) is 53.0 Å². The van der Waals surface area contributed by atoms with Gasteiger partial charge in [-0.25, -0.2) is 4.79 Å². The number of fused-ring (bicyclic) bond motifs is 1. The molecule has 4 heteroatoms. The highest BCUT2D eigenvalue weighted by atomic mass is 16.4. The molecule has 106 valence electrons. The molecular formula is C16H19NO3. The predicted molar refractivity (Wildman–Crippen MR) is 78.5 cm³/mol. The van der Waals surface area contributed by atoms with Gasteiger partial charge in [-0.3, -0.25) is 4.79 Å². The number of nitrogens with zero attached hydrogens (tertiary/aromatic N) is 1. The van der Waals surface area contributed by atoms with Gasteiger partial charge in [0.15, 0.2) is 5.78 Å². The number of hydrogen-bond donors (Lipinski definition) is 1. The number of aromatic carboxylic acids is 1. The van der Waals surface area contributed by atoms with Gasteiger partial charge in [0.25, 0.3) is 0 Å². The lowest BCUT2D eigenvalue weighted by Crippen LogP contribution is -2.01. The summed E-state index contributed by atoms with van der Waals surface area (Å²) >= 11 is 0. The fraction of sp³-hybridized carbons (Fsp3) is 0.375. The highest BCUT2D eigenvalue weighted by molar-refractivity contribution is 6.09. The molecule has 0 unspecified atom stereocenters. The first-order chi connectivity index (χ1) is 9.45. The first-order valence-corrected chi connectivity index (χ1v) is 6.83. The second-order valence-corrected chi connectivity index (χ2v) is 5.14. The van der Waals surface area contributed by atoms with Crippen LogP contribution >= 0.6 is 0 Å². The Morgan fingerprint density at radius 3 is 2.50 bits per heavy atom. The number of unbranched alkanes of at least 4 members (excludes halogenated alkanes) is 1. The summed E-state index contributed by atoms with van der Waals surface area (Å²) in [4.78, 5) is 23.0. The van der Waals surface area contributed by atoms with Gasteiger partial charge >= 0.3 is 5.97 Å². The van der Waals surface area contributed by atoms with Crippen LogP contribution in [0.3, 0.4) is 0 Å². The maximum absolute atomic E-state index is 11.8. The minimum Gasteiger partial charge on any atom is -0.478 e. The highest BCUT2D eigenvalue weighted by Crippen LogP contribution is 2.26. The molecule has 1 N–H and O–H groups in total. The fourth-order valence-corrected chi connectivity index (χ4v) is 2.47. The lowest BCUT2D eigenvalue weighted by molar-refractivity contribution is 0.0696. The van der Waals surface area contributed by atoms with E-state index in [1.54, 1.807) is 13.0 Å². The standard InChI is InChI=1S/C16H19NO3/c1-4-5-6-17-9-14(11(3)18)13-8-12(16(19)20)10(2)7-15(13)17/h7-9H,4-6H2,1-3H3,(H,19,20). The summed E-state index contributed by atoms with van der Waals surface area (Å²) in [7, 11) is 0.